The summed E-state index contributed by atoms with van der Waals surface area (Å²) in [5, 5.41) is 3.32. The van der Waals surface area contributed by atoms with E-state index in [1.807, 2.05) is 43.1 Å². The molecule has 2 aromatic rings. The lowest BCUT2D eigenvalue weighted by atomic mass is 9.96. The maximum absolute atomic E-state index is 12.8. The third-order valence-electron chi connectivity index (χ3n) is 3.96. The van der Waals surface area contributed by atoms with Crippen molar-refractivity contribution in [2.45, 2.75) is 19.4 Å². The fraction of sp³-hybridized carbons (Fsp3) is 0.294. The van der Waals surface area contributed by atoms with E-state index in [0.29, 0.717) is 11.6 Å². The van der Waals surface area contributed by atoms with Crippen LogP contribution >= 0.6 is 0 Å². The second-order valence-electron chi connectivity index (χ2n) is 5.40. The minimum atomic E-state index is 0.0215. The Morgan fingerprint density at radius 1 is 1.33 bits per heavy atom. The number of nitrogens with zero attached hydrogens (tertiary/aromatic N) is 2. The SMILES string of the molecule is CNC1CCN(C(=O)c2cncc(C)c2)c2ccccc21. The van der Waals surface area contributed by atoms with E-state index in [9.17, 15) is 4.79 Å². The Labute approximate surface area is 124 Å². The van der Waals surface area contributed by atoms with Gasteiger partial charge in [0.1, 0.15) is 0 Å². The van der Waals surface area contributed by atoms with Crippen LogP contribution in [0.2, 0.25) is 0 Å². The molecule has 3 rings (SSSR count). The first-order chi connectivity index (χ1) is 10.2. The minimum Gasteiger partial charge on any atom is -0.313 e. The number of carbonyl (C=O) groups excluding carboxylic acids is 1. The van der Waals surface area contributed by atoms with Gasteiger partial charge in [0.2, 0.25) is 0 Å². The first kappa shape index (κ1) is 13.8. The number of fused-ring (bicyclic) bond motifs is 1. The zero-order chi connectivity index (χ0) is 14.8. The van der Waals surface area contributed by atoms with E-state index in [4.69, 9.17) is 0 Å². The fourth-order valence-electron chi connectivity index (χ4n) is 2.90. The Hall–Kier alpha value is -2.20. The highest BCUT2D eigenvalue weighted by atomic mass is 16.2. The van der Waals surface area contributed by atoms with Crippen molar-refractivity contribution in [1.29, 1.82) is 0 Å². The van der Waals surface area contributed by atoms with Crippen LogP contribution in [0.4, 0.5) is 5.69 Å². The normalized spacial score (nSPS) is 17.4. The van der Waals surface area contributed by atoms with Gasteiger partial charge in [-0.1, -0.05) is 18.2 Å². The summed E-state index contributed by atoms with van der Waals surface area (Å²) in [6.45, 7) is 2.67. The number of aromatic nitrogens is 1. The number of para-hydroxylation sites is 1. The van der Waals surface area contributed by atoms with E-state index >= 15 is 0 Å². The molecular formula is C17H19N3O. The van der Waals surface area contributed by atoms with Gasteiger partial charge in [-0.25, -0.2) is 0 Å². The molecule has 1 aromatic carbocycles. The van der Waals surface area contributed by atoms with Crippen LogP contribution in [0.1, 0.15) is 33.9 Å². The molecule has 0 spiro atoms. The van der Waals surface area contributed by atoms with Gasteiger partial charge in [-0.2, -0.15) is 0 Å². The predicted octanol–water partition coefficient (Wildman–Crippen LogP) is 2.70. The molecule has 0 radical (unpaired) electrons. The third kappa shape index (κ3) is 2.54. The zero-order valence-electron chi connectivity index (χ0n) is 12.3. The van der Waals surface area contributed by atoms with Crippen molar-refractivity contribution in [2.24, 2.45) is 0 Å². The van der Waals surface area contributed by atoms with Gasteiger partial charge < -0.3 is 10.2 Å². The van der Waals surface area contributed by atoms with Gasteiger partial charge in [0.05, 0.1) is 5.56 Å². The number of anilines is 1. The van der Waals surface area contributed by atoms with Crippen LogP contribution in [-0.2, 0) is 0 Å². The molecule has 0 saturated carbocycles. The molecule has 1 amide bonds. The van der Waals surface area contributed by atoms with Crippen LogP contribution in [0, 0.1) is 6.92 Å². The van der Waals surface area contributed by atoms with Crippen LogP contribution in [-0.4, -0.2) is 24.5 Å². The van der Waals surface area contributed by atoms with Crippen LogP contribution in [0.3, 0.4) is 0 Å². The molecule has 0 fully saturated rings. The summed E-state index contributed by atoms with van der Waals surface area (Å²) < 4.78 is 0. The van der Waals surface area contributed by atoms with Gasteiger partial charge in [-0.05, 0) is 43.7 Å². The quantitative estimate of drug-likeness (QED) is 0.920. The van der Waals surface area contributed by atoms with Crippen molar-refractivity contribution in [3.05, 3.63) is 59.4 Å². The number of rotatable bonds is 2. The topological polar surface area (TPSA) is 45.2 Å². The van der Waals surface area contributed by atoms with Crippen molar-refractivity contribution < 1.29 is 4.79 Å². The molecule has 1 unspecified atom stereocenters. The monoisotopic (exact) mass is 281 g/mol. The predicted molar refractivity (Wildman–Crippen MR) is 83.5 cm³/mol. The number of carbonyl (C=O) groups is 1. The molecule has 0 saturated heterocycles. The molecule has 2 heterocycles. The highest BCUT2D eigenvalue weighted by Gasteiger charge is 2.28. The number of pyridine rings is 1. The van der Waals surface area contributed by atoms with Gasteiger partial charge in [-0.15, -0.1) is 0 Å². The summed E-state index contributed by atoms with van der Waals surface area (Å²) in [6, 6.07) is 10.3. The maximum atomic E-state index is 12.8. The van der Waals surface area contributed by atoms with Gasteiger partial charge in [0.25, 0.3) is 5.91 Å². The summed E-state index contributed by atoms with van der Waals surface area (Å²) >= 11 is 0. The summed E-state index contributed by atoms with van der Waals surface area (Å²) in [5.74, 6) is 0.0215. The summed E-state index contributed by atoms with van der Waals surface area (Å²) in [5.41, 5.74) is 3.82. The summed E-state index contributed by atoms with van der Waals surface area (Å²) in [7, 11) is 1.96. The van der Waals surface area contributed by atoms with Gasteiger partial charge in [-0.3, -0.25) is 9.78 Å². The Bertz CT molecular complexity index is 669. The van der Waals surface area contributed by atoms with E-state index in [1.54, 1.807) is 12.4 Å². The molecule has 0 bridgehead atoms. The molecule has 4 heteroatoms. The second-order valence-corrected chi connectivity index (χ2v) is 5.40. The maximum Gasteiger partial charge on any atom is 0.259 e. The number of benzene rings is 1. The largest absolute Gasteiger partial charge is 0.313 e. The molecule has 1 aromatic heterocycles. The zero-order valence-corrected chi connectivity index (χ0v) is 12.3. The van der Waals surface area contributed by atoms with E-state index < -0.39 is 0 Å². The molecule has 1 aliphatic heterocycles. The number of amides is 1. The van der Waals surface area contributed by atoms with Crippen molar-refractivity contribution in [3.63, 3.8) is 0 Å². The molecule has 21 heavy (non-hydrogen) atoms. The van der Waals surface area contributed by atoms with Crippen molar-refractivity contribution >= 4 is 11.6 Å². The smallest absolute Gasteiger partial charge is 0.259 e. The molecule has 1 atom stereocenters. The third-order valence-corrected chi connectivity index (χ3v) is 3.96. The van der Waals surface area contributed by atoms with Crippen LogP contribution in [0.15, 0.2) is 42.7 Å². The van der Waals surface area contributed by atoms with Gasteiger partial charge in [0.15, 0.2) is 0 Å². The highest BCUT2D eigenvalue weighted by Crippen LogP contribution is 2.34. The second kappa shape index (κ2) is 5.66. The van der Waals surface area contributed by atoms with Gasteiger partial charge >= 0.3 is 0 Å². The molecule has 1 N–H and O–H groups in total. The standard InChI is InChI=1S/C17H19N3O/c1-12-9-13(11-19-10-12)17(21)20-8-7-15(18-2)14-5-3-4-6-16(14)20/h3-6,9-11,15,18H,7-8H2,1-2H3. The lowest BCUT2D eigenvalue weighted by molar-refractivity contribution is 0.0983. The van der Waals surface area contributed by atoms with Crippen LogP contribution in [0.5, 0.6) is 0 Å². The van der Waals surface area contributed by atoms with E-state index in [-0.39, 0.29) is 5.91 Å². The molecule has 1 aliphatic rings. The number of hydrogen-bond acceptors (Lipinski definition) is 3. The first-order valence-electron chi connectivity index (χ1n) is 7.20. The van der Waals surface area contributed by atoms with Crippen molar-refractivity contribution in [2.75, 3.05) is 18.5 Å². The molecule has 0 aliphatic carbocycles. The molecule has 4 nitrogen and oxygen atoms in total. The summed E-state index contributed by atoms with van der Waals surface area (Å²) in [4.78, 5) is 18.8. The van der Waals surface area contributed by atoms with Gasteiger partial charge in [0, 0.05) is 30.7 Å². The number of nitrogens with one attached hydrogen (secondary N) is 1. The minimum absolute atomic E-state index is 0.0215. The fourth-order valence-corrected chi connectivity index (χ4v) is 2.90. The van der Waals surface area contributed by atoms with E-state index in [0.717, 1.165) is 24.2 Å². The molecule has 108 valence electrons. The Morgan fingerprint density at radius 2 is 2.14 bits per heavy atom. The lowest BCUT2D eigenvalue weighted by Crippen LogP contribution is -2.39. The molecular weight excluding hydrogens is 262 g/mol. The van der Waals surface area contributed by atoms with E-state index in [2.05, 4.69) is 16.4 Å². The lowest BCUT2D eigenvalue weighted by Gasteiger charge is -2.34. The van der Waals surface area contributed by atoms with Crippen molar-refractivity contribution in [1.82, 2.24) is 10.3 Å². The Kier molecular flexibility index (Phi) is 3.71. The van der Waals surface area contributed by atoms with Crippen LogP contribution in [0.25, 0.3) is 0 Å². The average molecular weight is 281 g/mol. The highest BCUT2D eigenvalue weighted by molar-refractivity contribution is 6.06. The van der Waals surface area contributed by atoms with Crippen LogP contribution < -0.4 is 10.2 Å². The first-order valence-corrected chi connectivity index (χ1v) is 7.20. The average Bonchev–Trinajstić information content (AvgIpc) is 2.53. The Morgan fingerprint density at radius 3 is 2.90 bits per heavy atom. The summed E-state index contributed by atoms with van der Waals surface area (Å²) in [6.07, 6.45) is 4.32. The number of aryl methyl sites for hydroxylation is 1. The van der Waals surface area contributed by atoms with Crippen molar-refractivity contribution in [3.8, 4) is 0 Å². The van der Waals surface area contributed by atoms with E-state index in [1.165, 1.54) is 5.56 Å². The Balaban J connectivity index is 1.98. The number of hydrogen-bond donors (Lipinski definition) is 1.